The van der Waals surface area contributed by atoms with E-state index in [0.717, 1.165) is 24.5 Å². The fraction of sp³-hybridized carbons (Fsp3) is 0.333. The van der Waals surface area contributed by atoms with Gasteiger partial charge in [-0.2, -0.15) is 0 Å². The summed E-state index contributed by atoms with van der Waals surface area (Å²) in [6, 6.07) is 6.09. The van der Waals surface area contributed by atoms with E-state index in [-0.39, 0.29) is 0 Å². The molecule has 0 unspecified atom stereocenters. The summed E-state index contributed by atoms with van der Waals surface area (Å²) in [7, 11) is 2.07. The highest BCUT2D eigenvalue weighted by atomic mass is 32.1. The molecule has 0 aliphatic carbocycles. The molecule has 0 saturated carbocycles. The van der Waals surface area contributed by atoms with Crippen molar-refractivity contribution in [2.45, 2.75) is 20.0 Å². The third kappa shape index (κ3) is 3.51. The number of aromatic nitrogens is 2. The van der Waals surface area contributed by atoms with E-state index >= 15 is 0 Å². The Morgan fingerprint density at radius 3 is 2.82 bits per heavy atom. The van der Waals surface area contributed by atoms with Crippen molar-refractivity contribution < 1.29 is 0 Å². The van der Waals surface area contributed by atoms with Crippen LogP contribution < -0.4 is 5.73 Å². The second kappa shape index (κ2) is 5.25. The highest BCUT2D eigenvalue weighted by Crippen LogP contribution is 2.16. The molecular weight excluding hydrogens is 232 g/mol. The second-order valence-electron chi connectivity index (χ2n) is 4.11. The standard InChI is InChI=1S/C12H16N4S/c1-9-4-3-5-10(15-9)7-16(2)8-11-6-14-12(13)17-11/h3-6H,7-8H2,1-2H3,(H2,13,14). The Kier molecular flexibility index (Phi) is 3.71. The van der Waals surface area contributed by atoms with Gasteiger partial charge in [-0.3, -0.25) is 9.88 Å². The Hall–Kier alpha value is -1.46. The molecule has 0 fully saturated rings. The number of hydrogen-bond acceptors (Lipinski definition) is 5. The average molecular weight is 248 g/mol. The fourth-order valence-electron chi connectivity index (χ4n) is 1.68. The van der Waals surface area contributed by atoms with Crippen LogP contribution >= 0.6 is 11.3 Å². The lowest BCUT2D eigenvalue weighted by atomic mass is 10.3. The van der Waals surface area contributed by atoms with Gasteiger partial charge < -0.3 is 5.73 Å². The van der Waals surface area contributed by atoms with Gasteiger partial charge in [0.05, 0.1) is 5.69 Å². The first kappa shape index (κ1) is 12.0. The highest BCUT2D eigenvalue weighted by molar-refractivity contribution is 7.15. The van der Waals surface area contributed by atoms with Crippen LogP contribution in [0.4, 0.5) is 5.13 Å². The SMILES string of the molecule is Cc1cccc(CN(C)Cc2cnc(N)s2)n1. The Labute approximate surface area is 105 Å². The molecule has 17 heavy (non-hydrogen) atoms. The molecule has 2 aromatic heterocycles. The predicted octanol–water partition coefficient (Wildman–Crippen LogP) is 2.06. The number of rotatable bonds is 4. The number of thiazole rings is 1. The molecule has 2 aromatic rings. The first-order chi connectivity index (χ1) is 8.13. The molecule has 0 amide bonds. The van der Waals surface area contributed by atoms with E-state index in [9.17, 15) is 0 Å². The average Bonchev–Trinajstić information content (AvgIpc) is 2.63. The van der Waals surface area contributed by atoms with E-state index in [1.54, 1.807) is 0 Å². The zero-order valence-corrected chi connectivity index (χ0v) is 10.9. The van der Waals surface area contributed by atoms with Gasteiger partial charge in [0.15, 0.2) is 5.13 Å². The van der Waals surface area contributed by atoms with Crippen LogP contribution in [0.1, 0.15) is 16.3 Å². The van der Waals surface area contributed by atoms with Gasteiger partial charge in [-0.05, 0) is 26.1 Å². The Bertz CT molecular complexity index is 495. The molecule has 0 aliphatic rings. The lowest BCUT2D eigenvalue weighted by molar-refractivity contribution is 0.317. The summed E-state index contributed by atoms with van der Waals surface area (Å²) in [5, 5.41) is 0.627. The van der Waals surface area contributed by atoms with Gasteiger partial charge in [0.1, 0.15) is 0 Å². The van der Waals surface area contributed by atoms with Crippen molar-refractivity contribution in [1.82, 2.24) is 14.9 Å². The lowest BCUT2D eigenvalue weighted by Crippen LogP contribution is -2.17. The highest BCUT2D eigenvalue weighted by Gasteiger charge is 2.05. The van der Waals surface area contributed by atoms with Crippen molar-refractivity contribution >= 4 is 16.5 Å². The van der Waals surface area contributed by atoms with Crippen molar-refractivity contribution in [2.75, 3.05) is 12.8 Å². The predicted molar refractivity (Wildman–Crippen MR) is 70.7 cm³/mol. The summed E-state index contributed by atoms with van der Waals surface area (Å²) in [5.74, 6) is 0. The van der Waals surface area contributed by atoms with Crippen molar-refractivity contribution in [2.24, 2.45) is 0 Å². The van der Waals surface area contributed by atoms with Gasteiger partial charge >= 0.3 is 0 Å². The van der Waals surface area contributed by atoms with E-state index < -0.39 is 0 Å². The van der Waals surface area contributed by atoms with E-state index in [2.05, 4.69) is 21.9 Å². The molecule has 90 valence electrons. The van der Waals surface area contributed by atoms with Crippen molar-refractivity contribution in [1.29, 1.82) is 0 Å². The monoisotopic (exact) mass is 248 g/mol. The fourth-order valence-corrected chi connectivity index (χ4v) is 2.45. The summed E-state index contributed by atoms with van der Waals surface area (Å²) in [5.41, 5.74) is 7.74. The minimum absolute atomic E-state index is 0.627. The summed E-state index contributed by atoms with van der Waals surface area (Å²) in [4.78, 5) is 11.9. The number of nitrogens with zero attached hydrogens (tertiary/aromatic N) is 3. The molecule has 5 heteroatoms. The largest absolute Gasteiger partial charge is 0.375 e. The van der Waals surface area contributed by atoms with Crippen LogP contribution in [0.15, 0.2) is 24.4 Å². The second-order valence-corrected chi connectivity index (χ2v) is 5.25. The van der Waals surface area contributed by atoms with Gasteiger partial charge in [0.25, 0.3) is 0 Å². The summed E-state index contributed by atoms with van der Waals surface area (Å²) in [6.45, 7) is 3.69. The number of nitrogens with two attached hydrogens (primary N) is 1. The Morgan fingerprint density at radius 2 is 2.18 bits per heavy atom. The minimum atomic E-state index is 0.627. The topological polar surface area (TPSA) is 55.0 Å². The maximum Gasteiger partial charge on any atom is 0.180 e. The van der Waals surface area contributed by atoms with Crippen LogP contribution in [0.5, 0.6) is 0 Å². The molecule has 0 radical (unpaired) electrons. The molecule has 0 saturated heterocycles. The summed E-state index contributed by atoms with van der Waals surface area (Å²) >= 11 is 1.53. The van der Waals surface area contributed by atoms with Crippen molar-refractivity contribution in [3.8, 4) is 0 Å². The van der Waals surface area contributed by atoms with E-state index in [4.69, 9.17) is 5.73 Å². The molecule has 0 atom stereocenters. The number of hydrogen-bond donors (Lipinski definition) is 1. The third-order valence-electron chi connectivity index (χ3n) is 2.38. The molecule has 0 aliphatic heterocycles. The zero-order chi connectivity index (χ0) is 12.3. The molecule has 2 N–H and O–H groups in total. The van der Waals surface area contributed by atoms with E-state index in [0.29, 0.717) is 5.13 Å². The molecule has 4 nitrogen and oxygen atoms in total. The Balaban J connectivity index is 1.95. The third-order valence-corrected chi connectivity index (χ3v) is 3.19. The first-order valence-electron chi connectivity index (χ1n) is 5.45. The molecule has 2 heterocycles. The summed E-state index contributed by atoms with van der Waals surface area (Å²) in [6.07, 6.45) is 1.83. The number of aryl methyl sites for hydroxylation is 1. The molecule has 0 spiro atoms. The normalized spacial score (nSPS) is 11.0. The lowest BCUT2D eigenvalue weighted by Gasteiger charge is -2.14. The minimum Gasteiger partial charge on any atom is -0.375 e. The van der Waals surface area contributed by atoms with Crippen LogP contribution in [-0.2, 0) is 13.1 Å². The molecule has 0 aromatic carbocycles. The van der Waals surface area contributed by atoms with Crippen molar-refractivity contribution in [3.63, 3.8) is 0 Å². The van der Waals surface area contributed by atoms with Crippen LogP contribution in [0.2, 0.25) is 0 Å². The smallest absolute Gasteiger partial charge is 0.180 e. The van der Waals surface area contributed by atoms with Gasteiger partial charge in [-0.25, -0.2) is 4.98 Å². The van der Waals surface area contributed by atoms with Crippen LogP contribution in [0.25, 0.3) is 0 Å². The summed E-state index contributed by atoms with van der Waals surface area (Å²) < 4.78 is 0. The van der Waals surface area contributed by atoms with E-state index in [1.165, 1.54) is 16.2 Å². The van der Waals surface area contributed by atoms with Gasteiger partial charge in [-0.1, -0.05) is 6.07 Å². The number of nitrogen functional groups attached to an aromatic ring is 1. The Morgan fingerprint density at radius 1 is 1.35 bits per heavy atom. The van der Waals surface area contributed by atoms with Crippen LogP contribution in [0, 0.1) is 6.92 Å². The van der Waals surface area contributed by atoms with Crippen molar-refractivity contribution in [3.05, 3.63) is 40.7 Å². The van der Waals surface area contributed by atoms with Gasteiger partial charge in [0, 0.05) is 29.9 Å². The maximum atomic E-state index is 5.60. The van der Waals surface area contributed by atoms with Crippen LogP contribution in [-0.4, -0.2) is 21.9 Å². The first-order valence-corrected chi connectivity index (χ1v) is 6.26. The van der Waals surface area contributed by atoms with Gasteiger partial charge in [-0.15, -0.1) is 11.3 Å². The van der Waals surface area contributed by atoms with E-state index in [1.807, 2.05) is 31.3 Å². The molecule has 0 bridgehead atoms. The molecule has 2 rings (SSSR count). The molecular formula is C12H16N4S. The quantitative estimate of drug-likeness (QED) is 0.900. The van der Waals surface area contributed by atoms with Crippen LogP contribution in [0.3, 0.4) is 0 Å². The zero-order valence-electron chi connectivity index (χ0n) is 10.1. The maximum absolute atomic E-state index is 5.60. The van der Waals surface area contributed by atoms with Gasteiger partial charge in [0.2, 0.25) is 0 Å². The number of pyridine rings is 1. The number of anilines is 1.